The van der Waals surface area contributed by atoms with Crippen molar-refractivity contribution < 1.29 is 4.39 Å². The quantitative estimate of drug-likeness (QED) is 0.880. The topological polar surface area (TPSA) is 37.8 Å². The minimum Gasteiger partial charge on any atom is -0.370 e. The number of aromatic nitrogens is 2. The first-order chi connectivity index (χ1) is 8.78. The molecule has 18 heavy (non-hydrogen) atoms. The lowest BCUT2D eigenvalue weighted by Crippen LogP contribution is -2.07. The summed E-state index contributed by atoms with van der Waals surface area (Å²) in [5, 5.41) is 3.24. The SMILES string of the molecule is CCc1cc(NCCc2ccc(F)cc2)ncn1. The molecule has 0 saturated carbocycles. The van der Waals surface area contributed by atoms with E-state index < -0.39 is 0 Å². The van der Waals surface area contributed by atoms with E-state index in [2.05, 4.69) is 22.2 Å². The average molecular weight is 245 g/mol. The van der Waals surface area contributed by atoms with Crippen molar-refractivity contribution in [3.05, 3.63) is 53.7 Å². The minimum absolute atomic E-state index is 0.199. The molecule has 0 radical (unpaired) electrons. The fourth-order valence-electron chi connectivity index (χ4n) is 1.67. The molecule has 2 aromatic rings. The van der Waals surface area contributed by atoms with E-state index in [0.29, 0.717) is 0 Å². The van der Waals surface area contributed by atoms with E-state index in [1.807, 2.05) is 6.07 Å². The van der Waals surface area contributed by atoms with Gasteiger partial charge in [-0.25, -0.2) is 14.4 Å². The number of halogens is 1. The summed E-state index contributed by atoms with van der Waals surface area (Å²) < 4.78 is 12.7. The summed E-state index contributed by atoms with van der Waals surface area (Å²) >= 11 is 0. The number of nitrogens with one attached hydrogen (secondary N) is 1. The van der Waals surface area contributed by atoms with Crippen molar-refractivity contribution in [1.29, 1.82) is 0 Å². The zero-order valence-electron chi connectivity index (χ0n) is 10.4. The Morgan fingerprint density at radius 3 is 2.67 bits per heavy atom. The highest BCUT2D eigenvalue weighted by atomic mass is 19.1. The fourth-order valence-corrected chi connectivity index (χ4v) is 1.67. The molecule has 0 saturated heterocycles. The Bertz CT molecular complexity index is 497. The number of hydrogen-bond acceptors (Lipinski definition) is 3. The van der Waals surface area contributed by atoms with E-state index >= 15 is 0 Å². The first-order valence-electron chi connectivity index (χ1n) is 6.07. The zero-order valence-corrected chi connectivity index (χ0v) is 10.4. The average Bonchev–Trinajstić information content (AvgIpc) is 2.41. The van der Waals surface area contributed by atoms with Gasteiger partial charge in [0.05, 0.1) is 0 Å². The molecule has 1 heterocycles. The molecule has 4 heteroatoms. The summed E-state index contributed by atoms with van der Waals surface area (Å²) in [5.41, 5.74) is 2.13. The first-order valence-corrected chi connectivity index (χ1v) is 6.07. The van der Waals surface area contributed by atoms with E-state index in [0.717, 1.165) is 36.5 Å². The molecule has 3 nitrogen and oxygen atoms in total. The molecule has 0 aliphatic heterocycles. The van der Waals surface area contributed by atoms with Crippen LogP contribution in [0.3, 0.4) is 0 Å². The molecule has 0 amide bonds. The third-order valence-electron chi connectivity index (χ3n) is 2.72. The van der Waals surface area contributed by atoms with Gasteiger partial charge in [-0.1, -0.05) is 19.1 Å². The first kappa shape index (κ1) is 12.5. The Kier molecular flexibility index (Phi) is 4.23. The highest BCUT2D eigenvalue weighted by Crippen LogP contribution is 2.06. The van der Waals surface area contributed by atoms with Gasteiger partial charge in [0.1, 0.15) is 18.0 Å². The Labute approximate surface area is 106 Å². The Balaban J connectivity index is 1.86. The van der Waals surface area contributed by atoms with Crippen LogP contribution in [0.5, 0.6) is 0 Å². The van der Waals surface area contributed by atoms with Gasteiger partial charge in [-0.3, -0.25) is 0 Å². The van der Waals surface area contributed by atoms with Crippen LogP contribution >= 0.6 is 0 Å². The summed E-state index contributed by atoms with van der Waals surface area (Å²) in [6.07, 6.45) is 3.31. The molecule has 94 valence electrons. The van der Waals surface area contributed by atoms with E-state index in [-0.39, 0.29) is 5.82 Å². The van der Waals surface area contributed by atoms with Crippen LogP contribution in [0.25, 0.3) is 0 Å². The van der Waals surface area contributed by atoms with Crippen molar-refractivity contribution in [1.82, 2.24) is 9.97 Å². The maximum atomic E-state index is 12.7. The largest absolute Gasteiger partial charge is 0.370 e. The molecule has 0 bridgehead atoms. The number of nitrogens with zero attached hydrogens (tertiary/aromatic N) is 2. The van der Waals surface area contributed by atoms with Crippen LogP contribution in [0, 0.1) is 5.82 Å². The van der Waals surface area contributed by atoms with Gasteiger partial charge in [-0.2, -0.15) is 0 Å². The van der Waals surface area contributed by atoms with Crippen LogP contribution in [0.1, 0.15) is 18.2 Å². The van der Waals surface area contributed by atoms with Crippen molar-refractivity contribution in [2.75, 3.05) is 11.9 Å². The number of rotatable bonds is 5. The second-order valence-corrected chi connectivity index (χ2v) is 4.05. The molecule has 0 spiro atoms. The monoisotopic (exact) mass is 245 g/mol. The normalized spacial score (nSPS) is 10.3. The molecule has 0 aliphatic rings. The molecule has 0 unspecified atom stereocenters. The van der Waals surface area contributed by atoms with Crippen LogP contribution in [-0.4, -0.2) is 16.5 Å². The molecule has 1 N–H and O–H groups in total. The second kappa shape index (κ2) is 6.10. The van der Waals surface area contributed by atoms with Gasteiger partial charge in [0.25, 0.3) is 0 Å². The van der Waals surface area contributed by atoms with E-state index in [9.17, 15) is 4.39 Å². The maximum Gasteiger partial charge on any atom is 0.129 e. The van der Waals surface area contributed by atoms with Crippen molar-refractivity contribution in [3.8, 4) is 0 Å². The maximum absolute atomic E-state index is 12.7. The van der Waals surface area contributed by atoms with E-state index in [1.165, 1.54) is 12.1 Å². The zero-order chi connectivity index (χ0) is 12.8. The summed E-state index contributed by atoms with van der Waals surface area (Å²) in [7, 11) is 0. The van der Waals surface area contributed by atoms with Gasteiger partial charge in [0, 0.05) is 18.3 Å². The van der Waals surface area contributed by atoms with Crippen molar-refractivity contribution >= 4 is 5.82 Å². The lowest BCUT2D eigenvalue weighted by Gasteiger charge is -2.06. The van der Waals surface area contributed by atoms with Crippen LogP contribution in [0.4, 0.5) is 10.2 Å². The number of anilines is 1. The van der Waals surface area contributed by atoms with Gasteiger partial charge in [-0.05, 0) is 30.5 Å². The van der Waals surface area contributed by atoms with E-state index in [1.54, 1.807) is 18.5 Å². The van der Waals surface area contributed by atoms with E-state index in [4.69, 9.17) is 0 Å². The van der Waals surface area contributed by atoms with Crippen LogP contribution in [0.2, 0.25) is 0 Å². The van der Waals surface area contributed by atoms with Crippen molar-refractivity contribution in [2.45, 2.75) is 19.8 Å². The number of aryl methyl sites for hydroxylation is 1. The highest BCUT2D eigenvalue weighted by Gasteiger charge is 1.97. The summed E-state index contributed by atoms with van der Waals surface area (Å²) in [6.45, 7) is 2.83. The Hall–Kier alpha value is -1.97. The van der Waals surface area contributed by atoms with Crippen LogP contribution in [-0.2, 0) is 12.8 Å². The third kappa shape index (κ3) is 3.52. The molecule has 2 rings (SSSR count). The van der Waals surface area contributed by atoms with Gasteiger partial charge in [0.2, 0.25) is 0 Å². The predicted molar refractivity (Wildman–Crippen MR) is 70.0 cm³/mol. The molecule has 0 aliphatic carbocycles. The lowest BCUT2D eigenvalue weighted by atomic mass is 10.1. The second-order valence-electron chi connectivity index (χ2n) is 4.05. The third-order valence-corrected chi connectivity index (χ3v) is 2.72. The van der Waals surface area contributed by atoms with Crippen LogP contribution in [0.15, 0.2) is 36.7 Å². The lowest BCUT2D eigenvalue weighted by molar-refractivity contribution is 0.627. The Morgan fingerprint density at radius 2 is 1.94 bits per heavy atom. The van der Waals surface area contributed by atoms with Gasteiger partial charge < -0.3 is 5.32 Å². The number of benzene rings is 1. The molecule has 1 aromatic heterocycles. The molecular formula is C14H16FN3. The highest BCUT2D eigenvalue weighted by molar-refractivity contribution is 5.35. The Morgan fingerprint density at radius 1 is 1.17 bits per heavy atom. The summed E-state index contributed by atoms with van der Waals surface area (Å²) in [5.74, 6) is 0.638. The summed E-state index contributed by atoms with van der Waals surface area (Å²) in [6, 6.07) is 8.51. The van der Waals surface area contributed by atoms with Gasteiger partial charge >= 0.3 is 0 Å². The van der Waals surface area contributed by atoms with Gasteiger partial charge in [-0.15, -0.1) is 0 Å². The van der Waals surface area contributed by atoms with Crippen LogP contribution < -0.4 is 5.32 Å². The smallest absolute Gasteiger partial charge is 0.129 e. The minimum atomic E-state index is -0.199. The van der Waals surface area contributed by atoms with Gasteiger partial charge in [0.15, 0.2) is 0 Å². The molecular weight excluding hydrogens is 229 g/mol. The number of hydrogen-bond donors (Lipinski definition) is 1. The fraction of sp³-hybridized carbons (Fsp3) is 0.286. The predicted octanol–water partition coefficient (Wildman–Crippen LogP) is 2.83. The van der Waals surface area contributed by atoms with Crippen molar-refractivity contribution in [3.63, 3.8) is 0 Å². The van der Waals surface area contributed by atoms with Crippen molar-refractivity contribution in [2.24, 2.45) is 0 Å². The molecule has 0 fully saturated rings. The summed E-state index contributed by atoms with van der Waals surface area (Å²) in [4.78, 5) is 8.29. The molecule has 0 atom stereocenters. The molecule has 1 aromatic carbocycles. The standard InChI is InChI=1S/C14H16FN3/c1-2-13-9-14(18-10-17-13)16-8-7-11-3-5-12(15)6-4-11/h3-6,9-10H,2,7-8H2,1H3,(H,16,17,18).